The third-order valence-electron chi connectivity index (χ3n) is 0.182. The van der Waals surface area contributed by atoms with E-state index in [4.69, 9.17) is 5.26 Å². The topological polar surface area (TPSA) is 63.9 Å². The van der Waals surface area contributed by atoms with Crippen LogP contribution in [0.1, 0.15) is 0 Å². The van der Waals surface area contributed by atoms with E-state index in [9.17, 15) is 8.76 Å². The summed E-state index contributed by atoms with van der Waals surface area (Å²) in [6.45, 7) is 0. The quantitative estimate of drug-likeness (QED) is 0.270. The van der Waals surface area contributed by atoms with Gasteiger partial charge in [0.2, 0.25) is 0 Å². The Morgan fingerprint density at radius 1 is 1.86 bits per heavy atom. The van der Waals surface area contributed by atoms with Crippen LogP contribution in [-0.4, -0.2) is 14.5 Å². The molecule has 3 nitrogen and oxygen atoms in total. The largest absolute Gasteiger partial charge is 1.00 e. The molecule has 0 aliphatic rings. The standard InChI is InChI=1S/C2H3NO2S.Na/c3-1-2-6(4)5;/h2H2,(H,4,5);/q;+1/p-1. The maximum Gasteiger partial charge on any atom is 1.00 e. The molecule has 0 aliphatic heterocycles. The van der Waals surface area contributed by atoms with E-state index in [1.807, 2.05) is 0 Å². The summed E-state index contributed by atoms with van der Waals surface area (Å²) < 4.78 is 18.8. The van der Waals surface area contributed by atoms with Gasteiger partial charge in [0.1, 0.15) is 0 Å². The summed E-state index contributed by atoms with van der Waals surface area (Å²) >= 11 is -2.18. The smallest absolute Gasteiger partial charge is 0.772 e. The minimum Gasteiger partial charge on any atom is -0.772 e. The van der Waals surface area contributed by atoms with Crippen molar-refractivity contribution in [3.8, 4) is 6.07 Å². The zero-order valence-corrected chi connectivity index (χ0v) is 6.70. The summed E-state index contributed by atoms with van der Waals surface area (Å²) in [5, 5.41) is 7.59. The Morgan fingerprint density at radius 3 is 2.29 bits per heavy atom. The fourth-order valence-electron chi connectivity index (χ4n) is 0.0527. The Hall–Kier alpha value is 0.600. The summed E-state index contributed by atoms with van der Waals surface area (Å²) in [4.78, 5) is 0. The molecule has 0 aromatic heterocycles. The van der Waals surface area contributed by atoms with Gasteiger partial charge in [-0.1, -0.05) is 0 Å². The second kappa shape index (κ2) is 6.60. The molecule has 0 aliphatic carbocycles. The summed E-state index contributed by atoms with van der Waals surface area (Å²) in [7, 11) is 0. The minimum atomic E-state index is -2.18. The maximum atomic E-state index is 9.38. The number of nitriles is 1. The molecule has 7 heavy (non-hydrogen) atoms. The molecule has 5 heteroatoms. The predicted octanol–water partition coefficient (Wildman–Crippen LogP) is -3.61. The average Bonchev–Trinajstić information content (AvgIpc) is 1.35. The molecule has 0 amide bonds. The summed E-state index contributed by atoms with van der Waals surface area (Å²) in [5.74, 6) is -0.403. The van der Waals surface area contributed by atoms with Crippen LogP contribution >= 0.6 is 0 Å². The number of rotatable bonds is 1. The van der Waals surface area contributed by atoms with Gasteiger partial charge in [-0.3, -0.25) is 4.21 Å². The van der Waals surface area contributed by atoms with Crippen molar-refractivity contribution in [2.24, 2.45) is 0 Å². The molecule has 0 heterocycles. The van der Waals surface area contributed by atoms with Crippen LogP contribution in [-0.2, 0) is 11.1 Å². The first-order chi connectivity index (χ1) is 2.77. The van der Waals surface area contributed by atoms with Crippen LogP contribution < -0.4 is 29.6 Å². The molecular weight excluding hydrogens is 125 g/mol. The van der Waals surface area contributed by atoms with Gasteiger partial charge in [-0.2, -0.15) is 5.26 Å². The van der Waals surface area contributed by atoms with Gasteiger partial charge in [-0.15, -0.1) is 0 Å². The van der Waals surface area contributed by atoms with Crippen LogP contribution in [0.2, 0.25) is 0 Å². The van der Waals surface area contributed by atoms with Crippen molar-refractivity contribution in [1.82, 2.24) is 0 Å². The molecule has 0 N–H and O–H groups in total. The van der Waals surface area contributed by atoms with E-state index in [0.29, 0.717) is 0 Å². The molecular formula is C2H2NNaO2S. The predicted molar refractivity (Wildman–Crippen MR) is 19.4 cm³/mol. The zero-order chi connectivity index (χ0) is 4.99. The summed E-state index contributed by atoms with van der Waals surface area (Å²) in [6.07, 6.45) is 0. The van der Waals surface area contributed by atoms with Crippen LogP contribution in [0.25, 0.3) is 0 Å². The van der Waals surface area contributed by atoms with Gasteiger partial charge in [-0.05, 0) is 11.1 Å². The second-order valence-corrected chi connectivity index (χ2v) is 1.50. The molecule has 0 rings (SSSR count). The Labute approximate surface area is 66.3 Å². The van der Waals surface area contributed by atoms with Crippen molar-refractivity contribution in [1.29, 1.82) is 5.26 Å². The van der Waals surface area contributed by atoms with Gasteiger partial charge in [0.15, 0.2) is 0 Å². The van der Waals surface area contributed by atoms with Crippen LogP contribution in [0.5, 0.6) is 0 Å². The van der Waals surface area contributed by atoms with Crippen LogP contribution in [0.3, 0.4) is 0 Å². The number of hydrogen-bond acceptors (Lipinski definition) is 3. The van der Waals surface area contributed by atoms with Crippen molar-refractivity contribution >= 4 is 11.1 Å². The Morgan fingerprint density at radius 2 is 2.29 bits per heavy atom. The second-order valence-electron chi connectivity index (χ2n) is 0.606. The minimum absolute atomic E-state index is 0. The Balaban J connectivity index is 0. The van der Waals surface area contributed by atoms with Crippen molar-refractivity contribution in [2.75, 3.05) is 5.75 Å². The fourth-order valence-corrected chi connectivity index (χ4v) is 0.158. The van der Waals surface area contributed by atoms with Gasteiger partial charge in [-0.25, -0.2) is 0 Å². The van der Waals surface area contributed by atoms with Crippen molar-refractivity contribution in [3.63, 3.8) is 0 Å². The molecule has 0 saturated carbocycles. The maximum absolute atomic E-state index is 9.38. The van der Waals surface area contributed by atoms with Crippen LogP contribution in [0.4, 0.5) is 0 Å². The van der Waals surface area contributed by atoms with E-state index < -0.39 is 16.8 Å². The summed E-state index contributed by atoms with van der Waals surface area (Å²) in [6, 6.07) is 1.45. The van der Waals surface area contributed by atoms with Gasteiger partial charge >= 0.3 is 29.6 Å². The normalized spacial score (nSPS) is 10.9. The SMILES string of the molecule is N#CCS(=O)[O-].[Na+]. The van der Waals surface area contributed by atoms with Crippen molar-refractivity contribution in [3.05, 3.63) is 0 Å². The van der Waals surface area contributed by atoms with Gasteiger partial charge in [0.05, 0.1) is 11.8 Å². The average molecular weight is 127 g/mol. The first-order valence-electron chi connectivity index (χ1n) is 1.20. The Bertz CT molecular complexity index is 98.4. The third-order valence-corrected chi connectivity index (χ3v) is 0.547. The Kier molecular flexibility index (Phi) is 9.95. The molecule has 0 aromatic rings. The fraction of sp³-hybridized carbons (Fsp3) is 0.500. The molecule has 0 saturated heterocycles. The third kappa shape index (κ3) is 10.8. The molecule has 34 valence electrons. The molecule has 0 spiro atoms. The molecule has 0 bridgehead atoms. The van der Waals surface area contributed by atoms with E-state index in [0.717, 1.165) is 0 Å². The van der Waals surface area contributed by atoms with Crippen LogP contribution in [0, 0.1) is 11.3 Å². The van der Waals surface area contributed by atoms with E-state index in [2.05, 4.69) is 0 Å². The molecule has 1 atom stereocenters. The molecule has 0 aromatic carbocycles. The van der Waals surface area contributed by atoms with E-state index in [1.165, 1.54) is 6.07 Å². The summed E-state index contributed by atoms with van der Waals surface area (Å²) in [5.41, 5.74) is 0. The van der Waals surface area contributed by atoms with E-state index >= 15 is 0 Å². The van der Waals surface area contributed by atoms with Crippen molar-refractivity contribution < 1.29 is 38.3 Å². The first kappa shape index (κ1) is 10.6. The van der Waals surface area contributed by atoms with E-state index in [1.54, 1.807) is 0 Å². The first-order valence-corrected chi connectivity index (χ1v) is 2.44. The monoisotopic (exact) mass is 127 g/mol. The van der Waals surface area contributed by atoms with Gasteiger partial charge in [0, 0.05) is 0 Å². The van der Waals surface area contributed by atoms with Gasteiger partial charge < -0.3 is 4.55 Å². The zero-order valence-electron chi connectivity index (χ0n) is 3.88. The molecule has 0 fully saturated rings. The van der Waals surface area contributed by atoms with Crippen LogP contribution in [0.15, 0.2) is 0 Å². The van der Waals surface area contributed by atoms with Gasteiger partial charge in [0.25, 0.3) is 0 Å². The molecule has 1 unspecified atom stereocenters. The number of nitrogens with zero attached hydrogens (tertiary/aromatic N) is 1. The van der Waals surface area contributed by atoms with Crippen molar-refractivity contribution in [2.45, 2.75) is 0 Å². The van der Waals surface area contributed by atoms with E-state index in [-0.39, 0.29) is 29.6 Å². The molecule has 0 radical (unpaired) electrons. The number of hydrogen-bond donors (Lipinski definition) is 0.